The fourth-order valence-corrected chi connectivity index (χ4v) is 2.52. The monoisotopic (exact) mass is 259 g/mol. The minimum Gasteiger partial charge on any atom is -0.361 e. The summed E-state index contributed by atoms with van der Waals surface area (Å²) in [5, 5.41) is 7.54. The highest BCUT2D eigenvalue weighted by Crippen LogP contribution is 2.16. The van der Waals surface area contributed by atoms with Crippen molar-refractivity contribution in [3.05, 3.63) is 17.0 Å². The zero-order valence-corrected chi connectivity index (χ0v) is 11.8. The van der Waals surface area contributed by atoms with Crippen molar-refractivity contribution in [1.29, 1.82) is 0 Å². The van der Waals surface area contributed by atoms with Crippen molar-refractivity contribution in [3.8, 4) is 0 Å². The summed E-state index contributed by atoms with van der Waals surface area (Å²) in [5.41, 5.74) is 2.28. The summed E-state index contributed by atoms with van der Waals surface area (Å²) >= 11 is 0. The van der Waals surface area contributed by atoms with E-state index in [1.807, 2.05) is 13.8 Å². The minimum atomic E-state index is 0. The van der Waals surface area contributed by atoms with Crippen LogP contribution in [0.4, 0.5) is 0 Å². The second kappa shape index (κ2) is 5.85. The standard InChI is InChI=1S/C12H21N3O.ClH/c1-8-5-15(6-9(2)13-8)7-12-10(3)14-16-11(12)4;/h8-9,13H,5-7H2,1-4H3;1H. The van der Waals surface area contributed by atoms with Crippen molar-refractivity contribution >= 4 is 12.4 Å². The molecule has 1 aromatic heterocycles. The molecule has 1 aliphatic heterocycles. The molecule has 1 N–H and O–H groups in total. The largest absolute Gasteiger partial charge is 0.361 e. The van der Waals surface area contributed by atoms with Gasteiger partial charge in [0, 0.05) is 37.3 Å². The average molecular weight is 260 g/mol. The Bertz CT molecular complexity index is 337. The topological polar surface area (TPSA) is 41.3 Å². The Hall–Kier alpha value is -0.580. The summed E-state index contributed by atoms with van der Waals surface area (Å²) in [6, 6.07) is 1.12. The van der Waals surface area contributed by atoms with E-state index in [1.165, 1.54) is 5.56 Å². The molecule has 5 heteroatoms. The van der Waals surface area contributed by atoms with Crippen LogP contribution < -0.4 is 5.32 Å². The highest BCUT2D eigenvalue weighted by molar-refractivity contribution is 5.85. The number of hydrogen-bond acceptors (Lipinski definition) is 4. The lowest BCUT2D eigenvalue weighted by atomic mass is 10.1. The van der Waals surface area contributed by atoms with Gasteiger partial charge in [0.15, 0.2) is 0 Å². The molecular weight excluding hydrogens is 238 g/mol. The summed E-state index contributed by atoms with van der Waals surface area (Å²) in [6.07, 6.45) is 0. The van der Waals surface area contributed by atoms with E-state index in [9.17, 15) is 0 Å². The van der Waals surface area contributed by atoms with E-state index >= 15 is 0 Å². The maximum absolute atomic E-state index is 5.20. The molecule has 2 rings (SSSR count). The van der Waals surface area contributed by atoms with Crippen molar-refractivity contribution in [2.24, 2.45) is 0 Å². The Morgan fingerprint density at radius 2 is 1.88 bits per heavy atom. The Labute approximate surface area is 109 Å². The highest BCUT2D eigenvalue weighted by atomic mass is 35.5. The van der Waals surface area contributed by atoms with Gasteiger partial charge in [-0.25, -0.2) is 0 Å². The first kappa shape index (κ1) is 14.5. The summed E-state index contributed by atoms with van der Waals surface area (Å²) in [4.78, 5) is 2.47. The van der Waals surface area contributed by atoms with E-state index in [2.05, 4.69) is 29.2 Å². The molecule has 0 aliphatic carbocycles. The van der Waals surface area contributed by atoms with Gasteiger partial charge >= 0.3 is 0 Å². The molecule has 98 valence electrons. The molecule has 0 radical (unpaired) electrons. The maximum Gasteiger partial charge on any atom is 0.138 e. The molecular formula is C12H22ClN3O. The molecule has 4 nitrogen and oxygen atoms in total. The molecule has 2 unspecified atom stereocenters. The SMILES string of the molecule is Cc1noc(C)c1CN1CC(C)NC(C)C1.Cl. The molecule has 0 amide bonds. The van der Waals surface area contributed by atoms with Gasteiger partial charge in [-0.05, 0) is 27.7 Å². The van der Waals surface area contributed by atoms with Crippen LogP contribution in [-0.4, -0.2) is 35.2 Å². The van der Waals surface area contributed by atoms with Crippen molar-refractivity contribution in [3.63, 3.8) is 0 Å². The zero-order chi connectivity index (χ0) is 11.7. The van der Waals surface area contributed by atoms with Crippen LogP contribution in [0.15, 0.2) is 4.52 Å². The van der Waals surface area contributed by atoms with Gasteiger partial charge in [-0.15, -0.1) is 12.4 Å². The number of piperazine rings is 1. The molecule has 0 aromatic carbocycles. The highest BCUT2D eigenvalue weighted by Gasteiger charge is 2.22. The molecule has 2 atom stereocenters. The molecule has 1 saturated heterocycles. The zero-order valence-electron chi connectivity index (χ0n) is 11.0. The van der Waals surface area contributed by atoms with Gasteiger partial charge in [-0.2, -0.15) is 0 Å². The Morgan fingerprint density at radius 1 is 1.29 bits per heavy atom. The number of halogens is 1. The summed E-state index contributed by atoms with van der Waals surface area (Å²) < 4.78 is 5.20. The fourth-order valence-electron chi connectivity index (χ4n) is 2.52. The smallest absolute Gasteiger partial charge is 0.138 e. The van der Waals surface area contributed by atoms with Crippen molar-refractivity contribution in [2.45, 2.75) is 46.3 Å². The molecule has 0 bridgehead atoms. The van der Waals surface area contributed by atoms with E-state index < -0.39 is 0 Å². The van der Waals surface area contributed by atoms with Gasteiger partial charge in [0.2, 0.25) is 0 Å². The second-order valence-electron chi connectivity index (χ2n) is 4.97. The molecule has 2 heterocycles. The number of hydrogen-bond donors (Lipinski definition) is 1. The lowest BCUT2D eigenvalue weighted by molar-refractivity contribution is 0.165. The van der Waals surface area contributed by atoms with Crippen LogP contribution in [0.3, 0.4) is 0 Å². The maximum atomic E-state index is 5.20. The van der Waals surface area contributed by atoms with Crippen LogP contribution in [-0.2, 0) is 6.54 Å². The van der Waals surface area contributed by atoms with Crippen LogP contribution in [0.25, 0.3) is 0 Å². The number of aryl methyl sites for hydroxylation is 2. The number of rotatable bonds is 2. The first-order valence-electron chi connectivity index (χ1n) is 5.96. The van der Waals surface area contributed by atoms with Crippen molar-refractivity contribution in [1.82, 2.24) is 15.4 Å². The van der Waals surface area contributed by atoms with Gasteiger partial charge in [0.25, 0.3) is 0 Å². The lowest BCUT2D eigenvalue weighted by Crippen LogP contribution is -2.53. The van der Waals surface area contributed by atoms with Gasteiger partial charge < -0.3 is 9.84 Å². The van der Waals surface area contributed by atoms with Crippen LogP contribution in [0, 0.1) is 13.8 Å². The van der Waals surface area contributed by atoms with Crippen LogP contribution in [0.1, 0.15) is 30.9 Å². The molecule has 0 saturated carbocycles. The predicted molar refractivity (Wildman–Crippen MR) is 70.6 cm³/mol. The quantitative estimate of drug-likeness (QED) is 0.881. The van der Waals surface area contributed by atoms with Gasteiger partial charge in [-0.3, -0.25) is 4.90 Å². The third kappa shape index (κ3) is 3.44. The minimum absolute atomic E-state index is 0. The summed E-state index contributed by atoms with van der Waals surface area (Å²) in [7, 11) is 0. The van der Waals surface area contributed by atoms with Crippen LogP contribution >= 0.6 is 12.4 Å². The number of nitrogens with zero attached hydrogens (tertiary/aromatic N) is 2. The van der Waals surface area contributed by atoms with Crippen molar-refractivity contribution in [2.75, 3.05) is 13.1 Å². The fraction of sp³-hybridized carbons (Fsp3) is 0.750. The molecule has 17 heavy (non-hydrogen) atoms. The van der Waals surface area contributed by atoms with Crippen molar-refractivity contribution < 1.29 is 4.52 Å². The molecule has 0 spiro atoms. The summed E-state index contributed by atoms with van der Waals surface area (Å²) in [6.45, 7) is 11.6. The first-order valence-corrected chi connectivity index (χ1v) is 5.96. The average Bonchev–Trinajstić information content (AvgIpc) is 2.48. The molecule has 1 fully saturated rings. The first-order chi connectivity index (χ1) is 7.56. The Kier molecular flexibility index (Phi) is 4.98. The normalized spacial score (nSPS) is 25.6. The van der Waals surface area contributed by atoms with Gasteiger partial charge in [-0.1, -0.05) is 5.16 Å². The van der Waals surface area contributed by atoms with Crippen LogP contribution in [0.5, 0.6) is 0 Å². The molecule has 1 aliphatic rings. The van der Waals surface area contributed by atoms with E-state index in [-0.39, 0.29) is 12.4 Å². The third-order valence-electron chi connectivity index (χ3n) is 3.20. The second-order valence-corrected chi connectivity index (χ2v) is 4.97. The number of aromatic nitrogens is 1. The van der Waals surface area contributed by atoms with Gasteiger partial charge in [0.1, 0.15) is 5.76 Å². The van der Waals surface area contributed by atoms with E-state index in [1.54, 1.807) is 0 Å². The van der Waals surface area contributed by atoms with E-state index in [0.717, 1.165) is 31.1 Å². The third-order valence-corrected chi connectivity index (χ3v) is 3.20. The Morgan fingerprint density at radius 3 is 2.35 bits per heavy atom. The summed E-state index contributed by atoms with van der Waals surface area (Å²) in [5.74, 6) is 0.955. The predicted octanol–water partition coefficient (Wildman–Crippen LogP) is 1.90. The van der Waals surface area contributed by atoms with Gasteiger partial charge in [0.05, 0.1) is 5.69 Å². The Balaban J connectivity index is 0.00000144. The molecule has 1 aromatic rings. The number of nitrogens with one attached hydrogen (secondary N) is 1. The van der Waals surface area contributed by atoms with E-state index in [4.69, 9.17) is 4.52 Å². The van der Waals surface area contributed by atoms with E-state index in [0.29, 0.717) is 12.1 Å². The lowest BCUT2D eigenvalue weighted by Gasteiger charge is -2.36. The van der Waals surface area contributed by atoms with Crippen LogP contribution in [0.2, 0.25) is 0 Å².